The second-order valence-electron chi connectivity index (χ2n) is 6.25. The zero-order valence-corrected chi connectivity index (χ0v) is 15.2. The summed E-state index contributed by atoms with van der Waals surface area (Å²) in [4.78, 5) is 24.3. The first-order valence-corrected chi connectivity index (χ1v) is 8.25. The molecular weight excluding hydrogens is 369 g/mol. The highest BCUT2D eigenvalue weighted by Crippen LogP contribution is 2.30. The Bertz CT molecular complexity index is 889. The van der Waals surface area contributed by atoms with Crippen LogP contribution in [0.1, 0.15) is 36.5 Å². The molecular formula is C18H18ClF3N2O2. The number of nitrogens with one attached hydrogen (secondary N) is 1. The second-order valence-corrected chi connectivity index (χ2v) is 6.66. The van der Waals surface area contributed by atoms with E-state index < -0.39 is 34.8 Å². The van der Waals surface area contributed by atoms with Gasteiger partial charge in [-0.05, 0) is 30.0 Å². The Hall–Kier alpha value is -2.28. The van der Waals surface area contributed by atoms with Gasteiger partial charge in [0, 0.05) is 11.9 Å². The number of hydrogen-bond acceptors (Lipinski definition) is 2. The number of pyridine rings is 1. The molecule has 2 aromatic rings. The lowest BCUT2D eigenvalue weighted by Crippen LogP contribution is -2.29. The summed E-state index contributed by atoms with van der Waals surface area (Å²) in [5.41, 5.74) is 0.364. The summed E-state index contributed by atoms with van der Waals surface area (Å²) < 4.78 is 39.3. The average molecular weight is 387 g/mol. The fourth-order valence-corrected chi connectivity index (χ4v) is 2.77. The first kappa shape index (κ1) is 20.0. The molecule has 0 fully saturated rings. The average Bonchev–Trinajstić information content (AvgIpc) is 2.52. The molecule has 1 amide bonds. The third-order valence-corrected chi connectivity index (χ3v) is 4.15. The highest BCUT2D eigenvalue weighted by molar-refractivity contribution is 6.30. The van der Waals surface area contributed by atoms with Crippen LogP contribution in [0.15, 0.2) is 35.3 Å². The zero-order valence-electron chi connectivity index (χ0n) is 14.4. The molecule has 0 aliphatic heterocycles. The summed E-state index contributed by atoms with van der Waals surface area (Å²) in [5.74, 6) is -0.477. The Balaban J connectivity index is 2.33. The van der Waals surface area contributed by atoms with Crippen molar-refractivity contribution in [1.29, 1.82) is 0 Å². The van der Waals surface area contributed by atoms with E-state index in [2.05, 4.69) is 5.32 Å². The molecule has 26 heavy (non-hydrogen) atoms. The number of benzene rings is 1. The van der Waals surface area contributed by atoms with Crippen LogP contribution in [0.3, 0.4) is 0 Å². The summed E-state index contributed by atoms with van der Waals surface area (Å²) in [6.07, 6.45) is -4.08. The standard InChI is InChI=1S/C18H18ClF3N2O2/c1-10(2)13-6-4-5-11(3)16(13)23-15(25)9-24-8-12(18(20,21)22)7-14(19)17(24)26/h4-8,10H,9H2,1-3H3,(H,23,25). The van der Waals surface area contributed by atoms with Gasteiger partial charge in [-0.3, -0.25) is 9.59 Å². The van der Waals surface area contributed by atoms with Crippen molar-refractivity contribution in [3.05, 3.63) is 62.5 Å². The summed E-state index contributed by atoms with van der Waals surface area (Å²) in [5, 5.41) is 2.10. The highest BCUT2D eigenvalue weighted by atomic mass is 35.5. The van der Waals surface area contributed by atoms with Crippen LogP contribution in [0.4, 0.5) is 18.9 Å². The number of nitrogens with zero attached hydrogens (tertiary/aromatic N) is 1. The van der Waals surface area contributed by atoms with E-state index >= 15 is 0 Å². The van der Waals surface area contributed by atoms with Gasteiger partial charge >= 0.3 is 6.18 Å². The predicted octanol–water partition coefficient (Wildman–Crippen LogP) is 4.59. The molecule has 0 saturated carbocycles. The molecule has 0 bridgehead atoms. The molecule has 1 N–H and O–H groups in total. The molecule has 1 aromatic heterocycles. The maximum atomic E-state index is 12.9. The number of carbonyl (C=O) groups is 1. The molecule has 4 nitrogen and oxygen atoms in total. The topological polar surface area (TPSA) is 51.1 Å². The summed E-state index contributed by atoms with van der Waals surface area (Å²) in [7, 11) is 0. The number of halogens is 4. The van der Waals surface area contributed by atoms with E-state index in [0.717, 1.165) is 11.1 Å². The number of rotatable bonds is 4. The fraction of sp³-hybridized carbons (Fsp3) is 0.333. The van der Waals surface area contributed by atoms with Crippen LogP contribution in [0.25, 0.3) is 0 Å². The minimum Gasteiger partial charge on any atom is -0.324 e. The van der Waals surface area contributed by atoms with Crippen molar-refractivity contribution in [1.82, 2.24) is 4.57 Å². The van der Waals surface area contributed by atoms with Gasteiger partial charge in [0.25, 0.3) is 5.56 Å². The molecule has 2 rings (SSSR count). The number of amides is 1. The number of aromatic nitrogens is 1. The lowest BCUT2D eigenvalue weighted by atomic mass is 9.98. The molecule has 0 saturated heterocycles. The van der Waals surface area contributed by atoms with Crippen molar-refractivity contribution in [2.24, 2.45) is 0 Å². The SMILES string of the molecule is Cc1cccc(C(C)C)c1NC(=O)Cn1cc(C(F)(F)F)cc(Cl)c1=O. The van der Waals surface area contributed by atoms with Crippen molar-refractivity contribution in [2.75, 3.05) is 5.32 Å². The monoisotopic (exact) mass is 386 g/mol. The van der Waals surface area contributed by atoms with Crippen LogP contribution in [0, 0.1) is 6.92 Å². The van der Waals surface area contributed by atoms with Gasteiger partial charge in [0.1, 0.15) is 11.6 Å². The van der Waals surface area contributed by atoms with Gasteiger partial charge in [-0.25, -0.2) is 0 Å². The molecule has 0 atom stereocenters. The molecule has 140 valence electrons. The molecule has 0 radical (unpaired) electrons. The van der Waals surface area contributed by atoms with Gasteiger partial charge in [-0.15, -0.1) is 0 Å². The molecule has 1 heterocycles. The number of anilines is 1. The highest BCUT2D eigenvalue weighted by Gasteiger charge is 2.32. The van der Waals surface area contributed by atoms with E-state index in [9.17, 15) is 22.8 Å². The van der Waals surface area contributed by atoms with E-state index in [1.54, 1.807) is 0 Å². The number of hydrogen-bond donors (Lipinski definition) is 1. The number of alkyl halides is 3. The van der Waals surface area contributed by atoms with Gasteiger partial charge < -0.3 is 9.88 Å². The largest absolute Gasteiger partial charge is 0.417 e. The molecule has 0 aliphatic rings. The quantitative estimate of drug-likeness (QED) is 0.835. The van der Waals surface area contributed by atoms with Gasteiger partial charge in [-0.2, -0.15) is 13.2 Å². The van der Waals surface area contributed by atoms with Crippen LogP contribution in [0.5, 0.6) is 0 Å². The Labute approximate surface area is 153 Å². The van der Waals surface area contributed by atoms with Crippen LogP contribution in [-0.2, 0) is 17.5 Å². The second kappa shape index (κ2) is 7.53. The van der Waals surface area contributed by atoms with Crippen LogP contribution < -0.4 is 10.9 Å². The van der Waals surface area contributed by atoms with E-state index in [0.29, 0.717) is 22.5 Å². The Morgan fingerprint density at radius 2 is 1.96 bits per heavy atom. The molecule has 1 aromatic carbocycles. The van der Waals surface area contributed by atoms with Gasteiger partial charge in [0.05, 0.1) is 5.56 Å². The van der Waals surface area contributed by atoms with Crippen molar-refractivity contribution in [3.8, 4) is 0 Å². The van der Waals surface area contributed by atoms with Crippen molar-refractivity contribution in [3.63, 3.8) is 0 Å². The Kier molecular flexibility index (Phi) is 5.81. The lowest BCUT2D eigenvalue weighted by Gasteiger charge is -2.17. The summed E-state index contributed by atoms with van der Waals surface area (Å²) in [6, 6.07) is 6.09. The fourth-order valence-electron chi connectivity index (χ4n) is 2.55. The number of carbonyl (C=O) groups excluding carboxylic acids is 1. The summed E-state index contributed by atoms with van der Waals surface area (Å²) >= 11 is 5.60. The van der Waals surface area contributed by atoms with Crippen molar-refractivity contribution in [2.45, 2.75) is 39.4 Å². The third-order valence-electron chi connectivity index (χ3n) is 3.88. The normalized spacial score (nSPS) is 11.7. The number of aryl methyl sites for hydroxylation is 1. The minimum absolute atomic E-state index is 0.135. The van der Waals surface area contributed by atoms with E-state index in [-0.39, 0.29) is 5.92 Å². The van der Waals surface area contributed by atoms with Crippen molar-refractivity contribution < 1.29 is 18.0 Å². The number of para-hydroxylation sites is 1. The first-order valence-electron chi connectivity index (χ1n) is 7.87. The Morgan fingerprint density at radius 1 is 1.31 bits per heavy atom. The van der Waals surface area contributed by atoms with Gasteiger partial charge in [0.15, 0.2) is 0 Å². The van der Waals surface area contributed by atoms with Crippen LogP contribution in [0.2, 0.25) is 5.02 Å². The summed E-state index contributed by atoms with van der Waals surface area (Å²) in [6.45, 7) is 5.16. The maximum Gasteiger partial charge on any atom is 0.417 e. The molecule has 8 heteroatoms. The van der Waals surface area contributed by atoms with E-state index in [1.165, 1.54) is 0 Å². The lowest BCUT2D eigenvalue weighted by molar-refractivity contribution is -0.138. The molecule has 0 aliphatic carbocycles. The van der Waals surface area contributed by atoms with E-state index in [4.69, 9.17) is 11.6 Å². The predicted molar refractivity (Wildman–Crippen MR) is 94.6 cm³/mol. The van der Waals surface area contributed by atoms with Gasteiger partial charge in [-0.1, -0.05) is 43.6 Å². The zero-order chi connectivity index (χ0) is 19.6. The molecule has 0 spiro atoms. The molecule has 0 unspecified atom stereocenters. The van der Waals surface area contributed by atoms with Crippen LogP contribution >= 0.6 is 11.6 Å². The maximum absolute atomic E-state index is 12.9. The first-order chi connectivity index (χ1) is 12.0. The smallest absolute Gasteiger partial charge is 0.324 e. The minimum atomic E-state index is -4.67. The van der Waals surface area contributed by atoms with Crippen molar-refractivity contribution >= 4 is 23.2 Å². The Morgan fingerprint density at radius 3 is 2.54 bits per heavy atom. The van der Waals surface area contributed by atoms with E-state index in [1.807, 2.05) is 39.0 Å². The van der Waals surface area contributed by atoms with Crippen LogP contribution in [-0.4, -0.2) is 10.5 Å². The third kappa shape index (κ3) is 4.46. The van der Waals surface area contributed by atoms with Gasteiger partial charge in [0.2, 0.25) is 5.91 Å².